The van der Waals surface area contributed by atoms with E-state index in [4.69, 9.17) is 4.42 Å². The maximum atomic E-state index is 14.1. The average molecular weight is 558 g/mol. The highest BCUT2D eigenvalue weighted by atomic mass is 19.4. The molecule has 0 saturated carbocycles. The maximum Gasteiger partial charge on any atom is 0.417 e. The summed E-state index contributed by atoms with van der Waals surface area (Å²) < 4.78 is 89.2. The zero-order valence-electron chi connectivity index (χ0n) is 20.8. The third-order valence-corrected chi connectivity index (χ3v) is 7.19. The van der Waals surface area contributed by atoms with Gasteiger partial charge in [0, 0.05) is 33.3 Å². The Balaban J connectivity index is 1.37. The monoisotopic (exact) mass is 558 g/mol. The number of benzene rings is 4. The molecule has 202 valence electrons. The Morgan fingerprint density at radius 2 is 1.15 bits per heavy atom. The van der Waals surface area contributed by atoms with Crippen molar-refractivity contribution < 1.29 is 30.8 Å². The first-order valence-corrected chi connectivity index (χ1v) is 12.5. The number of rotatable bonds is 2. The van der Waals surface area contributed by atoms with E-state index in [1.165, 1.54) is 0 Å². The Bertz CT molecular complexity index is 2130. The Hall–Kier alpha value is -4.92. The second-order valence-electron chi connectivity index (χ2n) is 9.65. The van der Waals surface area contributed by atoms with E-state index in [1.54, 1.807) is 24.3 Å². The molecule has 3 heterocycles. The van der Waals surface area contributed by atoms with E-state index < -0.39 is 23.5 Å². The minimum absolute atomic E-state index is 0.0284. The summed E-state index contributed by atoms with van der Waals surface area (Å²) in [5.41, 5.74) is 1.06. The first kappa shape index (κ1) is 25.1. The molecule has 0 atom stereocenters. The molecule has 0 aliphatic rings. The van der Waals surface area contributed by atoms with Gasteiger partial charge in [0.25, 0.3) is 0 Å². The molecule has 7 rings (SSSR count). The minimum atomic E-state index is -4.77. The maximum absolute atomic E-state index is 14.1. The Morgan fingerprint density at radius 3 is 1.88 bits per heavy atom. The van der Waals surface area contributed by atoms with E-state index in [0.29, 0.717) is 5.56 Å². The van der Waals surface area contributed by atoms with Crippen molar-refractivity contribution in [2.24, 2.45) is 0 Å². The number of fused-ring (bicyclic) bond motifs is 6. The molecule has 0 N–H and O–H groups in total. The Labute approximate surface area is 227 Å². The first-order valence-electron chi connectivity index (χ1n) is 12.5. The van der Waals surface area contributed by atoms with Crippen LogP contribution in [-0.2, 0) is 12.4 Å². The molecule has 9 heteroatoms. The fourth-order valence-corrected chi connectivity index (χ4v) is 5.27. The molecule has 7 aromatic rings. The van der Waals surface area contributed by atoms with E-state index in [0.717, 1.165) is 63.5 Å². The van der Waals surface area contributed by atoms with Gasteiger partial charge in [-0.15, -0.1) is 0 Å². The summed E-state index contributed by atoms with van der Waals surface area (Å²) in [6.45, 7) is 0. The molecule has 0 bridgehead atoms. The van der Waals surface area contributed by atoms with Gasteiger partial charge >= 0.3 is 12.4 Å². The van der Waals surface area contributed by atoms with Crippen molar-refractivity contribution in [2.45, 2.75) is 12.4 Å². The SMILES string of the molecule is FC(F)(F)c1ccnc2c1ccc1c(C(F)(F)F)cc(-c3ccc(-c4ccc5oc6ccccc6c5c4)cc3)nc12. The van der Waals surface area contributed by atoms with Crippen molar-refractivity contribution in [3.8, 4) is 22.4 Å². The number of nitrogens with zero attached hydrogens (tertiary/aromatic N) is 2. The minimum Gasteiger partial charge on any atom is -0.456 e. The number of furan rings is 1. The van der Waals surface area contributed by atoms with E-state index in [9.17, 15) is 26.3 Å². The lowest BCUT2D eigenvalue weighted by Gasteiger charge is -2.15. The highest BCUT2D eigenvalue weighted by Crippen LogP contribution is 2.41. The molecule has 0 fully saturated rings. The molecule has 4 aromatic carbocycles. The van der Waals surface area contributed by atoms with Crippen LogP contribution in [0.15, 0.2) is 102 Å². The fraction of sp³-hybridized carbons (Fsp3) is 0.0625. The summed E-state index contributed by atoms with van der Waals surface area (Å²) in [4.78, 5) is 8.40. The van der Waals surface area contributed by atoms with E-state index in [-0.39, 0.29) is 27.5 Å². The van der Waals surface area contributed by atoms with Crippen molar-refractivity contribution in [1.29, 1.82) is 0 Å². The number of aromatic nitrogens is 2. The first-order chi connectivity index (χ1) is 19.6. The average Bonchev–Trinajstić information content (AvgIpc) is 3.33. The van der Waals surface area contributed by atoms with Gasteiger partial charge in [0.1, 0.15) is 11.2 Å². The molecule has 0 unspecified atom stereocenters. The lowest BCUT2D eigenvalue weighted by molar-refractivity contribution is -0.137. The van der Waals surface area contributed by atoms with Crippen molar-refractivity contribution in [1.82, 2.24) is 9.97 Å². The van der Waals surface area contributed by atoms with Crippen LogP contribution in [0.4, 0.5) is 26.3 Å². The van der Waals surface area contributed by atoms with Gasteiger partial charge in [-0.2, -0.15) is 26.3 Å². The molecule has 3 aromatic heterocycles. The Kier molecular flexibility index (Phi) is 5.38. The predicted octanol–water partition coefficient (Wildman–Crippen LogP) is 10.1. The fourth-order valence-electron chi connectivity index (χ4n) is 5.27. The summed E-state index contributed by atoms with van der Waals surface area (Å²) in [7, 11) is 0. The van der Waals surface area contributed by atoms with E-state index in [2.05, 4.69) is 9.97 Å². The predicted molar refractivity (Wildman–Crippen MR) is 145 cm³/mol. The smallest absolute Gasteiger partial charge is 0.417 e. The molecular weight excluding hydrogens is 542 g/mol. The Morgan fingerprint density at radius 1 is 0.512 bits per heavy atom. The number of para-hydroxylation sites is 1. The zero-order chi connectivity index (χ0) is 28.5. The molecule has 3 nitrogen and oxygen atoms in total. The number of hydrogen-bond acceptors (Lipinski definition) is 3. The largest absolute Gasteiger partial charge is 0.456 e. The van der Waals surface area contributed by atoms with Gasteiger partial charge in [-0.3, -0.25) is 4.98 Å². The third-order valence-electron chi connectivity index (χ3n) is 7.19. The number of hydrogen-bond donors (Lipinski definition) is 0. The van der Waals surface area contributed by atoms with Crippen molar-refractivity contribution in [2.75, 3.05) is 0 Å². The lowest BCUT2D eigenvalue weighted by atomic mass is 9.98. The molecule has 0 saturated heterocycles. The van der Waals surface area contributed by atoms with Gasteiger partial charge < -0.3 is 4.42 Å². The van der Waals surface area contributed by atoms with E-state index >= 15 is 0 Å². The summed E-state index contributed by atoms with van der Waals surface area (Å²) >= 11 is 0. The second-order valence-corrected chi connectivity index (χ2v) is 9.65. The van der Waals surface area contributed by atoms with Crippen LogP contribution in [-0.4, -0.2) is 9.97 Å². The van der Waals surface area contributed by atoms with Crippen molar-refractivity contribution >= 4 is 43.7 Å². The highest BCUT2D eigenvalue weighted by molar-refractivity contribution is 6.07. The molecule has 0 aliphatic heterocycles. The van der Waals surface area contributed by atoms with Crippen LogP contribution in [0.2, 0.25) is 0 Å². The third kappa shape index (κ3) is 4.16. The van der Waals surface area contributed by atoms with Gasteiger partial charge in [0.15, 0.2) is 0 Å². The number of pyridine rings is 2. The quantitative estimate of drug-likeness (QED) is 0.157. The second kappa shape index (κ2) is 8.79. The molecule has 0 amide bonds. The van der Waals surface area contributed by atoms with Crippen LogP contribution in [0.5, 0.6) is 0 Å². The zero-order valence-corrected chi connectivity index (χ0v) is 20.8. The van der Waals surface area contributed by atoms with Crippen LogP contribution >= 0.6 is 0 Å². The molecule has 41 heavy (non-hydrogen) atoms. The molecule has 0 radical (unpaired) electrons. The van der Waals surface area contributed by atoms with Gasteiger partial charge in [0.05, 0.1) is 27.9 Å². The highest BCUT2D eigenvalue weighted by Gasteiger charge is 2.36. The molecule has 0 aliphatic carbocycles. The van der Waals surface area contributed by atoms with Crippen LogP contribution in [0.1, 0.15) is 11.1 Å². The summed E-state index contributed by atoms with van der Waals surface area (Å²) in [6.07, 6.45) is -8.55. The summed E-state index contributed by atoms with van der Waals surface area (Å²) in [6, 6.07) is 24.0. The summed E-state index contributed by atoms with van der Waals surface area (Å²) in [5, 5.41) is 1.27. The van der Waals surface area contributed by atoms with Crippen molar-refractivity contribution in [3.05, 3.63) is 108 Å². The van der Waals surface area contributed by atoms with E-state index in [1.807, 2.05) is 42.5 Å². The van der Waals surface area contributed by atoms with Gasteiger partial charge in [-0.25, -0.2) is 4.98 Å². The van der Waals surface area contributed by atoms with Gasteiger partial charge in [-0.1, -0.05) is 60.7 Å². The van der Waals surface area contributed by atoms with Crippen LogP contribution in [0.25, 0.3) is 66.1 Å². The van der Waals surface area contributed by atoms with Crippen LogP contribution < -0.4 is 0 Å². The van der Waals surface area contributed by atoms with Gasteiger partial charge in [-0.05, 0) is 41.5 Å². The standard InChI is InChI=1S/C32H16F6N2O/c33-31(34,35)24-13-14-39-29-21(24)10-11-22-25(32(36,37)38)16-26(40-30(22)29)18-7-5-17(6-8-18)19-9-12-28-23(15-19)20-3-1-2-4-27(20)41-28/h1-16H. The van der Waals surface area contributed by atoms with Crippen LogP contribution in [0.3, 0.4) is 0 Å². The number of alkyl halides is 6. The molecular formula is C32H16F6N2O. The number of halogens is 6. The summed E-state index contributed by atoms with van der Waals surface area (Å²) in [5.74, 6) is 0. The van der Waals surface area contributed by atoms with Gasteiger partial charge in [0.2, 0.25) is 0 Å². The normalized spacial score (nSPS) is 12.6. The van der Waals surface area contributed by atoms with Crippen LogP contribution in [0, 0.1) is 0 Å². The van der Waals surface area contributed by atoms with Crippen molar-refractivity contribution in [3.63, 3.8) is 0 Å². The lowest BCUT2D eigenvalue weighted by Crippen LogP contribution is -2.09. The molecule has 0 spiro atoms. The topological polar surface area (TPSA) is 38.9 Å².